The van der Waals surface area contributed by atoms with Gasteiger partial charge in [-0.25, -0.2) is 4.98 Å². The average Bonchev–Trinajstić information content (AvgIpc) is 3.38. The Morgan fingerprint density at radius 1 is 0.639 bits per heavy atom. The molecule has 5 aromatic rings. The third kappa shape index (κ3) is 4.51. The predicted octanol–water partition coefficient (Wildman–Crippen LogP) is 7.02. The molecule has 0 aliphatic heterocycles. The minimum atomic E-state index is -0.236. The molecule has 0 fully saturated rings. The zero-order valence-electron chi connectivity index (χ0n) is 20.6. The highest BCUT2D eigenvalue weighted by Crippen LogP contribution is 2.36. The normalized spacial score (nSPS) is 10.8. The van der Waals surface area contributed by atoms with Crippen LogP contribution in [-0.4, -0.2) is 32.0 Å². The van der Waals surface area contributed by atoms with Gasteiger partial charge in [0.2, 0.25) is 5.89 Å². The third-order valence-corrected chi connectivity index (χ3v) is 6.17. The number of aromatic nitrogens is 1. The van der Waals surface area contributed by atoms with Gasteiger partial charge in [-0.1, -0.05) is 66.7 Å². The Hall–Kier alpha value is -4.64. The molecule has 0 aliphatic carbocycles. The van der Waals surface area contributed by atoms with E-state index in [-0.39, 0.29) is 11.6 Å². The van der Waals surface area contributed by atoms with Crippen LogP contribution >= 0.6 is 0 Å². The zero-order valence-corrected chi connectivity index (χ0v) is 20.6. The topological polar surface area (TPSA) is 49.6 Å². The van der Waals surface area contributed by atoms with Crippen LogP contribution in [-0.2, 0) is 0 Å². The molecule has 5 nitrogen and oxygen atoms in total. The van der Waals surface area contributed by atoms with Gasteiger partial charge >= 0.3 is 0 Å². The molecule has 178 valence electrons. The maximum Gasteiger partial charge on any atom is 0.280 e. The summed E-state index contributed by atoms with van der Waals surface area (Å²) in [7, 11) is 5.74. The van der Waals surface area contributed by atoms with E-state index >= 15 is 0 Å². The Morgan fingerprint density at radius 3 is 1.86 bits per heavy atom. The van der Waals surface area contributed by atoms with Gasteiger partial charge in [-0.2, -0.15) is 0 Å². The van der Waals surface area contributed by atoms with Gasteiger partial charge in [0.1, 0.15) is 0 Å². The van der Waals surface area contributed by atoms with E-state index in [4.69, 9.17) is 9.40 Å². The summed E-state index contributed by atoms with van der Waals surface area (Å²) in [6.07, 6.45) is 0. The molecule has 36 heavy (non-hydrogen) atoms. The SMILES string of the molecule is CN(C)c1ccc(-c2oc(-c3ccccc3-c3ccccc3)nc2C(=O)N(C)c2ccccc2)cc1. The standard InChI is InChI=1S/C31H27N3O2/c1-33(2)24-20-18-23(19-21-24)29-28(31(35)34(3)25-14-8-5-9-15-25)32-30(36-29)27-17-11-10-16-26(27)22-12-6-4-7-13-22/h4-21H,1-3H3. The van der Waals surface area contributed by atoms with Crippen molar-refractivity contribution in [3.8, 4) is 33.9 Å². The number of carbonyl (C=O) groups is 1. The fourth-order valence-corrected chi connectivity index (χ4v) is 4.15. The summed E-state index contributed by atoms with van der Waals surface area (Å²) in [4.78, 5) is 22.1. The molecule has 5 heteroatoms. The lowest BCUT2D eigenvalue weighted by molar-refractivity contribution is 0.0989. The van der Waals surface area contributed by atoms with E-state index in [2.05, 4.69) is 12.1 Å². The molecule has 1 amide bonds. The fraction of sp³-hybridized carbons (Fsp3) is 0.0968. The Labute approximate surface area is 211 Å². The van der Waals surface area contributed by atoms with Gasteiger partial charge in [0.25, 0.3) is 5.91 Å². The van der Waals surface area contributed by atoms with Crippen molar-refractivity contribution < 1.29 is 9.21 Å². The number of benzene rings is 4. The van der Waals surface area contributed by atoms with Crippen LogP contribution in [0.5, 0.6) is 0 Å². The van der Waals surface area contributed by atoms with E-state index in [1.54, 1.807) is 11.9 Å². The third-order valence-electron chi connectivity index (χ3n) is 6.17. The highest BCUT2D eigenvalue weighted by atomic mass is 16.4. The first-order valence-electron chi connectivity index (χ1n) is 11.8. The molecule has 0 bridgehead atoms. The molecule has 1 aromatic heterocycles. The smallest absolute Gasteiger partial charge is 0.280 e. The van der Waals surface area contributed by atoms with Gasteiger partial charge in [-0.05, 0) is 53.6 Å². The van der Waals surface area contributed by atoms with Crippen molar-refractivity contribution in [1.29, 1.82) is 0 Å². The lowest BCUT2D eigenvalue weighted by Gasteiger charge is -2.16. The van der Waals surface area contributed by atoms with Crippen molar-refractivity contribution in [2.24, 2.45) is 0 Å². The molecular formula is C31H27N3O2. The second-order valence-electron chi connectivity index (χ2n) is 8.75. The van der Waals surface area contributed by atoms with Crippen LogP contribution in [0.25, 0.3) is 33.9 Å². The number of nitrogens with zero attached hydrogens (tertiary/aromatic N) is 3. The van der Waals surface area contributed by atoms with Crippen LogP contribution in [0.1, 0.15) is 10.5 Å². The summed E-state index contributed by atoms with van der Waals surface area (Å²) in [5, 5.41) is 0. The lowest BCUT2D eigenvalue weighted by Crippen LogP contribution is -2.27. The largest absolute Gasteiger partial charge is 0.435 e. The van der Waals surface area contributed by atoms with Crippen LogP contribution in [0.15, 0.2) is 114 Å². The van der Waals surface area contributed by atoms with Crippen LogP contribution in [0.4, 0.5) is 11.4 Å². The van der Waals surface area contributed by atoms with E-state index in [0.717, 1.165) is 33.6 Å². The van der Waals surface area contributed by atoms with Gasteiger partial charge in [0.15, 0.2) is 11.5 Å². The summed E-state index contributed by atoms with van der Waals surface area (Å²) >= 11 is 0. The highest BCUT2D eigenvalue weighted by Gasteiger charge is 2.26. The maximum absolute atomic E-state index is 13.7. The molecule has 0 radical (unpaired) electrons. The number of hydrogen-bond acceptors (Lipinski definition) is 4. The second kappa shape index (κ2) is 9.92. The first-order valence-corrected chi connectivity index (χ1v) is 11.8. The van der Waals surface area contributed by atoms with E-state index in [0.29, 0.717) is 11.7 Å². The Balaban J connectivity index is 1.65. The lowest BCUT2D eigenvalue weighted by atomic mass is 10.00. The molecule has 0 unspecified atom stereocenters. The van der Waals surface area contributed by atoms with E-state index in [9.17, 15) is 4.79 Å². The fourth-order valence-electron chi connectivity index (χ4n) is 4.15. The van der Waals surface area contributed by atoms with Gasteiger partial charge in [0.05, 0.1) is 0 Å². The zero-order chi connectivity index (χ0) is 25.1. The Kier molecular flexibility index (Phi) is 6.37. The minimum absolute atomic E-state index is 0.236. The molecular weight excluding hydrogens is 446 g/mol. The van der Waals surface area contributed by atoms with Crippen molar-refractivity contribution in [3.05, 3.63) is 115 Å². The van der Waals surface area contributed by atoms with Gasteiger partial charge in [-0.3, -0.25) is 4.79 Å². The first kappa shape index (κ1) is 23.1. The summed E-state index contributed by atoms with van der Waals surface area (Å²) in [6.45, 7) is 0. The predicted molar refractivity (Wildman–Crippen MR) is 146 cm³/mol. The molecule has 0 aliphatic rings. The first-order chi connectivity index (χ1) is 17.5. The van der Waals surface area contributed by atoms with Crippen molar-refractivity contribution in [1.82, 2.24) is 4.98 Å². The van der Waals surface area contributed by atoms with E-state index < -0.39 is 0 Å². The number of para-hydroxylation sites is 1. The van der Waals surface area contributed by atoms with Gasteiger partial charge < -0.3 is 14.2 Å². The second-order valence-corrected chi connectivity index (χ2v) is 8.75. The Morgan fingerprint density at radius 2 is 1.22 bits per heavy atom. The molecule has 0 atom stereocenters. The summed E-state index contributed by atoms with van der Waals surface area (Å²) in [6, 6.07) is 35.5. The van der Waals surface area contributed by atoms with Crippen LogP contribution in [0.3, 0.4) is 0 Å². The van der Waals surface area contributed by atoms with Crippen molar-refractivity contribution in [2.75, 3.05) is 30.9 Å². The average molecular weight is 474 g/mol. The van der Waals surface area contributed by atoms with Crippen LogP contribution < -0.4 is 9.80 Å². The quantitative estimate of drug-likeness (QED) is 0.266. The molecule has 1 heterocycles. The molecule has 4 aromatic carbocycles. The molecule has 0 spiro atoms. The van der Waals surface area contributed by atoms with Crippen molar-refractivity contribution >= 4 is 17.3 Å². The highest BCUT2D eigenvalue weighted by molar-refractivity contribution is 6.08. The maximum atomic E-state index is 13.7. The number of rotatable bonds is 6. The summed E-state index contributed by atoms with van der Waals surface area (Å²) in [5.41, 5.74) is 5.78. The van der Waals surface area contributed by atoms with E-state index in [1.807, 2.05) is 116 Å². The Bertz CT molecular complexity index is 1470. The van der Waals surface area contributed by atoms with Crippen LogP contribution in [0, 0.1) is 0 Å². The van der Waals surface area contributed by atoms with E-state index in [1.165, 1.54) is 0 Å². The summed E-state index contributed by atoms with van der Waals surface area (Å²) < 4.78 is 6.38. The minimum Gasteiger partial charge on any atom is -0.435 e. The molecule has 0 saturated carbocycles. The van der Waals surface area contributed by atoms with Crippen molar-refractivity contribution in [3.63, 3.8) is 0 Å². The van der Waals surface area contributed by atoms with Crippen LogP contribution in [0.2, 0.25) is 0 Å². The number of anilines is 2. The molecule has 0 N–H and O–H groups in total. The summed E-state index contributed by atoms with van der Waals surface area (Å²) in [5.74, 6) is 0.622. The van der Waals surface area contributed by atoms with Crippen molar-refractivity contribution in [2.45, 2.75) is 0 Å². The monoisotopic (exact) mass is 473 g/mol. The number of amides is 1. The van der Waals surface area contributed by atoms with Gasteiger partial charge in [0, 0.05) is 43.6 Å². The number of carbonyl (C=O) groups excluding carboxylic acids is 1. The molecule has 5 rings (SSSR count). The number of oxazole rings is 1. The van der Waals surface area contributed by atoms with Gasteiger partial charge in [-0.15, -0.1) is 0 Å². The molecule has 0 saturated heterocycles. The number of hydrogen-bond donors (Lipinski definition) is 0.